The first-order chi connectivity index (χ1) is 30.8. The van der Waals surface area contributed by atoms with Crippen molar-refractivity contribution < 1.29 is 23.2 Å². The smallest absolute Gasteiger partial charge is 0.507 e. The molecule has 0 saturated carbocycles. The summed E-state index contributed by atoms with van der Waals surface area (Å²) in [6.07, 6.45) is 0. The molecule has 0 unspecified atom stereocenters. The second kappa shape index (κ2) is 27.2. The molecule has 2 heterocycles. The highest BCUT2D eigenvalue weighted by Gasteiger charge is 2.24. The molecule has 0 bridgehead atoms. The van der Waals surface area contributed by atoms with E-state index in [1.807, 2.05) is 187 Å². The molecule has 0 radical (unpaired) electrons. The summed E-state index contributed by atoms with van der Waals surface area (Å²) in [4.78, 5) is 11.4. The summed E-state index contributed by atoms with van der Waals surface area (Å²) in [5.41, 5.74) is 9.70. The molecule has 336 valence electrons. The number of phenolic OH excluding ortho intramolecular Hbond substituents is 1. The number of aryl methyl sites for hydroxylation is 6. The molecule has 0 saturated heterocycles. The molecule has 2 aromatic heterocycles. The van der Waals surface area contributed by atoms with Crippen LogP contribution in [0.2, 0.25) is 0 Å². The lowest BCUT2D eigenvalue weighted by atomic mass is 10.1. The number of phenols is 1. The van der Waals surface area contributed by atoms with E-state index < -0.39 is 15.5 Å². The van der Waals surface area contributed by atoms with Crippen molar-refractivity contribution in [2.45, 2.75) is 62.3 Å². The van der Waals surface area contributed by atoms with E-state index in [-0.39, 0.29) is 0 Å². The Morgan fingerprint density at radius 2 is 0.781 bits per heavy atom. The van der Waals surface area contributed by atoms with Crippen LogP contribution < -0.4 is 18.1 Å². The first kappa shape index (κ1) is 51.4. The van der Waals surface area contributed by atoms with Crippen molar-refractivity contribution >= 4 is 37.9 Å². The van der Waals surface area contributed by atoms with Gasteiger partial charge in [0.1, 0.15) is 17.2 Å². The second-order valence-corrected chi connectivity index (χ2v) is 18.5. The highest BCUT2D eigenvalue weighted by Crippen LogP contribution is 2.48. The van der Waals surface area contributed by atoms with Crippen LogP contribution in [-0.2, 0) is 0 Å². The van der Waals surface area contributed by atoms with Gasteiger partial charge in [-0.2, -0.15) is 0 Å². The number of halogens is 2. The number of aromatic nitrogens is 2. The summed E-state index contributed by atoms with van der Waals surface area (Å²) < 4.78 is 24.0. The average molecular weight is 939 g/mol. The highest BCUT2D eigenvalue weighted by atomic mass is 35.9. The summed E-state index contributed by atoms with van der Waals surface area (Å²) in [6, 6.07) is 48.9. The number of aromatic hydroxyl groups is 1. The lowest BCUT2D eigenvalue weighted by Gasteiger charge is -2.21. The van der Waals surface area contributed by atoms with Gasteiger partial charge in [-0.05, 0) is 129 Å². The van der Waals surface area contributed by atoms with Gasteiger partial charge in [0.15, 0.2) is 0 Å². The number of benzene rings is 5. The minimum absolute atomic E-state index is 0.414. The summed E-state index contributed by atoms with van der Waals surface area (Å²) in [7, 11) is -1.80. The van der Waals surface area contributed by atoms with Crippen LogP contribution in [0.4, 0.5) is 0 Å². The van der Waals surface area contributed by atoms with Gasteiger partial charge in [0.25, 0.3) is 6.85 Å². The first-order valence-corrected chi connectivity index (χ1v) is 25.3. The zero-order valence-electron chi connectivity index (χ0n) is 38.1. The van der Waals surface area contributed by atoms with Gasteiger partial charge in [0.2, 0.25) is 11.8 Å². The molecule has 7 rings (SSSR count). The summed E-state index contributed by atoms with van der Waals surface area (Å²) in [5.74, 6) is 2.85. The van der Waals surface area contributed by atoms with Gasteiger partial charge in [0.05, 0.1) is 11.4 Å². The fourth-order valence-corrected chi connectivity index (χ4v) is 8.09. The Bertz CT molecular complexity index is 2340. The summed E-state index contributed by atoms with van der Waals surface area (Å²) in [5, 5.41) is 9.21. The molecule has 7 aromatic rings. The number of nitrogens with zero attached hydrogens (tertiary/aromatic N) is 3. The standard InChI is InChI=1S/C27H26NO3P.C11H8Cl2NOP.C8H10O.C6H15N/c1-19-11-8-12-20(2)26(19)30-32(31-27-21(3)13-9-14-22(27)4)29-25-18-10-17-24(28-25)23-15-6-5-7-16-23;12-16(13)15-11-8-4-7-10(14-11)9-5-2-1-3-6-9;1-6-4-3-5-7(2)8(6)9;1-4-7(5-2)6-3/h5-18H,1-4H3;1-8H;3-5,9H,1-2H3;4-6H2,1-3H3. The molecular weight excluding hydrogens is 879 g/mol. The van der Waals surface area contributed by atoms with Crippen LogP contribution in [0.1, 0.15) is 54.2 Å². The van der Waals surface area contributed by atoms with Crippen LogP contribution in [0.15, 0.2) is 152 Å². The van der Waals surface area contributed by atoms with Crippen LogP contribution in [0.5, 0.6) is 29.0 Å². The van der Waals surface area contributed by atoms with Gasteiger partial charge < -0.3 is 28.1 Å². The minimum atomic E-state index is -1.80. The molecule has 12 heteroatoms. The lowest BCUT2D eigenvalue weighted by molar-refractivity contribution is 0.321. The van der Waals surface area contributed by atoms with Gasteiger partial charge in [-0.25, -0.2) is 9.97 Å². The third-order valence-corrected chi connectivity index (χ3v) is 11.6. The molecule has 0 atom stereocenters. The van der Waals surface area contributed by atoms with Crippen molar-refractivity contribution in [3.63, 3.8) is 0 Å². The number of para-hydroxylation sites is 3. The van der Waals surface area contributed by atoms with Crippen molar-refractivity contribution in [3.8, 4) is 51.5 Å². The van der Waals surface area contributed by atoms with Crippen molar-refractivity contribution in [2.24, 2.45) is 0 Å². The third kappa shape index (κ3) is 16.7. The van der Waals surface area contributed by atoms with Crippen molar-refractivity contribution in [1.82, 2.24) is 14.9 Å². The normalized spacial score (nSPS) is 10.5. The van der Waals surface area contributed by atoms with Crippen molar-refractivity contribution in [1.29, 1.82) is 0 Å². The maximum atomic E-state index is 9.21. The molecular formula is C52H59Cl2N3O5P2. The molecule has 0 spiro atoms. The number of hydrogen-bond acceptors (Lipinski definition) is 8. The van der Waals surface area contributed by atoms with Crippen LogP contribution in [0.25, 0.3) is 22.5 Å². The monoisotopic (exact) mass is 937 g/mol. The van der Waals surface area contributed by atoms with Gasteiger partial charge in [-0.15, -0.1) is 0 Å². The van der Waals surface area contributed by atoms with Crippen LogP contribution >= 0.6 is 37.9 Å². The van der Waals surface area contributed by atoms with E-state index in [0.717, 1.165) is 67.4 Å². The Balaban J connectivity index is 0.000000230. The zero-order chi connectivity index (χ0) is 46.4. The fourth-order valence-electron chi connectivity index (χ4n) is 6.19. The summed E-state index contributed by atoms with van der Waals surface area (Å²) >= 11 is 11.2. The van der Waals surface area contributed by atoms with Crippen LogP contribution in [0.3, 0.4) is 0 Å². The van der Waals surface area contributed by atoms with Crippen LogP contribution in [-0.4, -0.2) is 39.6 Å². The Labute approximate surface area is 392 Å². The maximum absolute atomic E-state index is 9.21. The van der Waals surface area contributed by atoms with Crippen molar-refractivity contribution in [3.05, 3.63) is 185 Å². The first-order valence-electron chi connectivity index (χ1n) is 21.1. The molecule has 64 heavy (non-hydrogen) atoms. The topological polar surface area (TPSA) is 86.2 Å². The van der Waals surface area contributed by atoms with E-state index in [2.05, 4.69) is 35.6 Å². The highest BCUT2D eigenvalue weighted by molar-refractivity contribution is 8.00. The Hall–Kier alpha value is -5.20. The Kier molecular flexibility index (Phi) is 21.9. The SMILES string of the molecule is CCN(CC)CC.Cc1cccc(C)c1O.Cc1cccc(C)c1OP(Oc1cccc(-c2ccccc2)n1)Oc1c(C)cccc1C.ClP(Cl)Oc1cccc(-c2ccccc2)n1. The van der Waals surface area contributed by atoms with Crippen LogP contribution in [0, 0.1) is 41.5 Å². The molecule has 0 aliphatic heterocycles. The molecule has 8 nitrogen and oxygen atoms in total. The molecule has 0 aliphatic carbocycles. The van der Waals surface area contributed by atoms with E-state index in [0.29, 0.717) is 17.5 Å². The largest absolute Gasteiger partial charge is 0.531 e. The molecule has 5 aromatic carbocycles. The van der Waals surface area contributed by atoms with E-state index in [9.17, 15) is 5.11 Å². The van der Waals surface area contributed by atoms with E-state index in [1.165, 1.54) is 19.6 Å². The predicted molar refractivity (Wildman–Crippen MR) is 270 cm³/mol. The maximum Gasteiger partial charge on any atom is 0.531 e. The average Bonchev–Trinajstić information content (AvgIpc) is 3.30. The molecule has 0 amide bonds. The lowest BCUT2D eigenvalue weighted by Crippen LogP contribution is -2.21. The zero-order valence-corrected chi connectivity index (χ0v) is 41.4. The second-order valence-electron chi connectivity index (χ2n) is 14.5. The number of rotatable bonds is 13. The Morgan fingerprint density at radius 1 is 0.438 bits per heavy atom. The quantitative estimate of drug-likeness (QED) is 0.114. The van der Waals surface area contributed by atoms with E-state index in [4.69, 9.17) is 40.6 Å². The molecule has 0 aliphatic rings. The predicted octanol–water partition coefficient (Wildman–Crippen LogP) is 15.9. The Morgan fingerprint density at radius 3 is 1.11 bits per heavy atom. The van der Waals surface area contributed by atoms with Gasteiger partial charge in [-0.3, -0.25) is 0 Å². The minimum Gasteiger partial charge on any atom is -0.507 e. The number of pyridine rings is 2. The third-order valence-electron chi connectivity index (χ3n) is 9.85. The number of hydrogen-bond donors (Lipinski definition) is 1. The van der Waals surface area contributed by atoms with Gasteiger partial charge in [0, 0.05) is 23.3 Å². The van der Waals surface area contributed by atoms with Gasteiger partial charge in [-0.1, -0.05) is 148 Å². The van der Waals surface area contributed by atoms with E-state index in [1.54, 1.807) is 6.07 Å². The molecule has 1 N–H and O–H groups in total. The van der Waals surface area contributed by atoms with Crippen molar-refractivity contribution in [2.75, 3.05) is 19.6 Å². The van der Waals surface area contributed by atoms with E-state index >= 15 is 0 Å². The molecule has 0 fully saturated rings. The fraction of sp³-hybridized carbons (Fsp3) is 0.231. The summed E-state index contributed by atoms with van der Waals surface area (Å²) in [6.45, 7) is 20.5. The van der Waals surface area contributed by atoms with Gasteiger partial charge >= 0.3 is 8.60 Å².